The number of amides is 1. The standard InChI is InChI=1S/C18H19NO/c1-2-17(16-11-7-4-8-12-16)19-18(20)14-13-15-9-5-3-6-10-15/h3-14,17H,2H2,1H3,(H,19,20)/b14-13+. The molecule has 2 nitrogen and oxygen atoms in total. The second-order valence-electron chi connectivity index (χ2n) is 4.62. The molecule has 0 saturated heterocycles. The quantitative estimate of drug-likeness (QED) is 0.814. The summed E-state index contributed by atoms with van der Waals surface area (Å²) in [6, 6.07) is 19.9. The molecule has 2 aromatic rings. The van der Waals surface area contributed by atoms with Gasteiger partial charge in [-0.1, -0.05) is 67.6 Å². The monoisotopic (exact) mass is 265 g/mol. The first-order valence-corrected chi connectivity index (χ1v) is 6.88. The van der Waals surface area contributed by atoms with E-state index in [9.17, 15) is 4.79 Å². The number of benzene rings is 2. The molecule has 0 bridgehead atoms. The van der Waals surface area contributed by atoms with Crippen LogP contribution in [0.25, 0.3) is 6.08 Å². The zero-order chi connectivity index (χ0) is 14.2. The van der Waals surface area contributed by atoms with E-state index >= 15 is 0 Å². The Kier molecular flexibility index (Phi) is 5.13. The third kappa shape index (κ3) is 4.09. The highest BCUT2D eigenvalue weighted by Crippen LogP contribution is 2.15. The van der Waals surface area contributed by atoms with Crippen LogP contribution in [0.15, 0.2) is 66.7 Å². The van der Waals surface area contributed by atoms with Gasteiger partial charge in [0.15, 0.2) is 0 Å². The van der Waals surface area contributed by atoms with Crippen LogP contribution in [0.3, 0.4) is 0 Å². The summed E-state index contributed by atoms with van der Waals surface area (Å²) in [5.74, 6) is -0.0652. The zero-order valence-corrected chi connectivity index (χ0v) is 11.6. The Bertz CT molecular complexity index is 560. The van der Waals surface area contributed by atoms with E-state index in [1.54, 1.807) is 6.08 Å². The van der Waals surface area contributed by atoms with Crippen molar-refractivity contribution in [3.8, 4) is 0 Å². The van der Waals surface area contributed by atoms with Crippen molar-refractivity contribution in [1.82, 2.24) is 5.32 Å². The third-order valence-electron chi connectivity index (χ3n) is 3.15. The number of carbonyl (C=O) groups is 1. The molecule has 1 amide bonds. The minimum Gasteiger partial charge on any atom is -0.346 e. The minimum absolute atomic E-state index is 0.0594. The van der Waals surface area contributed by atoms with Crippen molar-refractivity contribution in [2.24, 2.45) is 0 Å². The van der Waals surface area contributed by atoms with Crippen molar-refractivity contribution in [2.45, 2.75) is 19.4 Å². The van der Waals surface area contributed by atoms with Gasteiger partial charge in [0.05, 0.1) is 6.04 Å². The Labute approximate surface area is 120 Å². The van der Waals surface area contributed by atoms with Crippen LogP contribution in [-0.2, 0) is 4.79 Å². The maximum atomic E-state index is 12.0. The summed E-state index contributed by atoms with van der Waals surface area (Å²) in [6.07, 6.45) is 4.28. The highest BCUT2D eigenvalue weighted by atomic mass is 16.1. The first kappa shape index (κ1) is 14.1. The summed E-state index contributed by atoms with van der Waals surface area (Å²) in [5, 5.41) is 3.03. The summed E-state index contributed by atoms with van der Waals surface area (Å²) in [5.41, 5.74) is 2.16. The fourth-order valence-corrected chi connectivity index (χ4v) is 2.06. The largest absolute Gasteiger partial charge is 0.346 e. The summed E-state index contributed by atoms with van der Waals surface area (Å²) in [4.78, 5) is 12.0. The highest BCUT2D eigenvalue weighted by molar-refractivity contribution is 5.91. The molecule has 0 aliphatic heterocycles. The van der Waals surface area contributed by atoms with Crippen LogP contribution in [-0.4, -0.2) is 5.91 Å². The zero-order valence-electron chi connectivity index (χ0n) is 11.6. The van der Waals surface area contributed by atoms with E-state index in [0.29, 0.717) is 0 Å². The molecule has 0 fully saturated rings. The van der Waals surface area contributed by atoms with Gasteiger partial charge in [0.25, 0.3) is 0 Å². The minimum atomic E-state index is -0.0652. The average Bonchev–Trinajstić information content (AvgIpc) is 2.52. The van der Waals surface area contributed by atoms with Gasteiger partial charge in [0.2, 0.25) is 5.91 Å². The molecular formula is C18H19NO. The number of nitrogens with one attached hydrogen (secondary N) is 1. The van der Waals surface area contributed by atoms with E-state index in [2.05, 4.69) is 12.2 Å². The Balaban J connectivity index is 1.98. The SMILES string of the molecule is CCC(NC(=O)/C=C/c1ccccc1)c1ccccc1. The first-order valence-electron chi connectivity index (χ1n) is 6.88. The molecule has 1 N–H and O–H groups in total. The molecule has 1 unspecified atom stereocenters. The van der Waals surface area contributed by atoms with Gasteiger partial charge in [-0.25, -0.2) is 0 Å². The van der Waals surface area contributed by atoms with E-state index in [1.165, 1.54) is 0 Å². The molecule has 0 aliphatic rings. The smallest absolute Gasteiger partial charge is 0.244 e. The molecule has 0 spiro atoms. The van der Waals surface area contributed by atoms with Gasteiger partial charge in [-0.2, -0.15) is 0 Å². The van der Waals surface area contributed by atoms with Gasteiger partial charge in [-0.15, -0.1) is 0 Å². The summed E-state index contributed by atoms with van der Waals surface area (Å²) in [7, 11) is 0. The summed E-state index contributed by atoms with van der Waals surface area (Å²) >= 11 is 0. The van der Waals surface area contributed by atoms with Crippen molar-refractivity contribution in [3.05, 3.63) is 77.9 Å². The van der Waals surface area contributed by atoms with Crippen molar-refractivity contribution in [2.75, 3.05) is 0 Å². The van der Waals surface area contributed by atoms with Gasteiger partial charge in [-0.3, -0.25) is 4.79 Å². The predicted molar refractivity (Wildman–Crippen MR) is 83.1 cm³/mol. The predicted octanol–water partition coefficient (Wildman–Crippen LogP) is 3.97. The number of carbonyl (C=O) groups excluding carboxylic acids is 1. The molecule has 0 heterocycles. The topological polar surface area (TPSA) is 29.1 Å². The second kappa shape index (κ2) is 7.29. The van der Waals surface area contributed by atoms with Crippen LogP contribution in [0.2, 0.25) is 0 Å². The average molecular weight is 265 g/mol. The molecule has 0 radical (unpaired) electrons. The van der Waals surface area contributed by atoms with E-state index in [4.69, 9.17) is 0 Å². The molecule has 0 saturated carbocycles. The van der Waals surface area contributed by atoms with Gasteiger partial charge in [0.1, 0.15) is 0 Å². The van der Waals surface area contributed by atoms with Crippen molar-refractivity contribution in [3.63, 3.8) is 0 Å². The van der Waals surface area contributed by atoms with Gasteiger partial charge in [-0.05, 0) is 23.6 Å². The Morgan fingerprint density at radius 1 is 1.05 bits per heavy atom. The van der Waals surface area contributed by atoms with Crippen LogP contribution in [0.4, 0.5) is 0 Å². The van der Waals surface area contributed by atoms with E-state index in [-0.39, 0.29) is 11.9 Å². The number of hydrogen-bond acceptors (Lipinski definition) is 1. The van der Waals surface area contributed by atoms with Crippen molar-refractivity contribution >= 4 is 12.0 Å². The lowest BCUT2D eigenvalue weighted by Crippen LogP contribution is -2.26. The fourth-order valence-electron chi connectivity index (χ4n) is 2.06. The van der Waals surface area contributed by atoms with Crippen molar-refractivity contribution < 1.29 is 4.79 Å². The lowest BCUT2D eigenvalue weighted by molar-refractivity contribution is -0.117. The molecule has 1 atom stereocenters. The van der Waals surface area contributed by atoms with E-state index < -0.39 is 0 Å². The van der Waals surface area contributed by atoms with Crippen molar-refractivity contribution in [1.29, 1.82) is 0 Å². The first-order chi connectivity index (χ1) is 9.79. The third-order valence-corrected chi connectivity index (χ3v) is 3.15. The molecular weight excluding hydrogens is 246 g/mol. The molecule has 20 heavy (non-hydrogen) atoms. The molecule has 2 rings (SSSR count). The lowest BCUT2D eigenvalue weighted by atomic mass is 10.0. The van der Waals surface area contributed by atoms with Crippen LogP contribution >= 0.6 is 0 Å². The van der Waals surface area contributed by atoms with Gasteiger partial charge >= 0.3 is 0 Å². The molecule has 2 heteroatoms. The van der Waals surface area contributed by atoms with E-state index in [1.807, 2.05) is 66.7 Å². The maximum Gasteiger partial charge on any atom is 0.244 e. The fraction of sp³-hybridized carbons (Fsp3) is 0.167. The Morgan fingerprint density at radius 3 is 2.25 bits per heavy atom. The molecule has 102 valence electrons. The highest BCUT2D eigenvalue weighted by Gasteiger charge is 2.10. The summed E-state index contributed by atoms with van der Waals surface area (Å²) < 4.78 is 0. The Hall–Kier alpha value is -2.35. The van der Waals surface area contributed by atoms with Gasteiger partial charge in [0, 0.05) is 6.08 Å². The lowest BCUT2D eigenvalue weighted by Gasteiger charge is -2.16. The van der Waals surface area contributed by atoms with Crippen LogP contribution in [0, 0.1) is 0 Å². The molecule has 0 aliphatic carbocycles. The maximum absolute atomic E-state index is 12.0. The number of rotatable bonds is 5. The Morgan fingerprint density at radius 2 is 1.65 bits per heavy atom. The van der Waals surface area contributed by atoms with Gasteiger partial charge < -0.3 is 5.32 Å². The molecule has 0 aromatic heterocycles. The number of hydrogen-bond donors (Lipinski definition) is 1. The van der Waals surface area contributed by atoms with Crippen LogP contribution in [0.1, 0.15) is 30.5 Å². The van der Waals surface area contributed by atoms with E-state index in [0.717, 1.165) is 17.5 Å². The van der Waals surface area contributed by atoms with Crippen LogP contribution in [0.5, 0.6) is 0 Å². The summed E-state index contributed by atoms with van der Waals surface area (Å²) in [6.45, 7) is 2.07. The molecule has 2 aromatic carbocycles. The van der Waals surface area contributed by atoms with Crippen LogP contribution < -0.4 is 5.32 Å². The second-order valence-corrected chi connectivity index (χ2v) is 4.62. The normalized spacial score (nSPS) is 12.2.